The Hall–Kier alpha value is 0.645. The summed E-state index contributed by atoms with van der Waals surface area (Å²) >= 11 is 0. The SMILES string of the molecule is [B]C(CN)SSC(O)CN. The van der Waals surface area contributed by atoms with Gasteiger partial charge in [0, 0.05) is 6.54 Å². The van der Waals surface area contributed by atoms with E-state index in [4.69, 9.17) is 24.4 Å². The molecule has 2 unspecified atom stereocenters. The first-order chi connectivity index (χ1) is 4.70. The lowest BCUT2D eigenvalue weighted by Crippen LogP contribution is -2.18. The molecule has 0 aliphatic heterocycles. The third kappa shape index (κ3) is 5.43. The highest BCUT2D eigenvalue weighted by Crippen LogP contribution is 2.27. The minimum absolute atomic E-state index is 0.119. The maximum atomic E-state index is 8.92. The molecule has 0 heterocycles. The molecular weight excluding hydrogens is 167 g/mol. The first kappa shape index (κ1) is 10.6. The lowest BCUT2D eigenvalue weighted by Gasteiger charge is -2.10. The molecule has 58 valence electrons. The number of rotatable bonds is 5. The van der Waals surface area contributed by atoms with Crippen LogP contribution in [0, 0.1) is 0 Å². The van der Waals surface area contributed by atoms with Gasteiger partial charge < -0.3 is 16.6 Å². The number of aliphatic hydroxyl groups excluding tert-OH is 1. The van der Waals surface area contributed by atoms with Crippen molar-refractivity contribution in [2.45, 2.75) is 10.6 Å². The molecule has 3 nitrogen and oxygen atoms in total. The van der Waals surface area contributed by atoms with Crippen molar-refractivity contribution in [1.82, 2.24) is 0 Å². The van der Waals surface area contributed by atoms with Crippen molar-refractivity contribution in [3.05, 3.63) is 0 Å². The highest BCUT2D eigenvalue weighted by molar-refractivity contribution is 8.77. The van der Waals surface area contributed by atoms with Gasteiger partial charge in [0.2, 0.25) is 0 Å². The number of hydrogen-bond donors (Lipinski definition) is 3. The number of hydrogen-bond acceptors (Lipinski definition) is 5. The van der Waals surface area contributed by atoms with Crippen LogP contribution in [0.25, 0.3) is 0 Å². The molecule has 0 aromatic heterocycles. The zero-order valence-corrected chi connectivity index (χ0v) is 7.20. The molecule has 0 aromatic carbocycles. The Morgan fingerprint density at radius 2 is 1.90 bits per heavy atom. The topological polar surface area (TPSA) is 72.3 Å². The third-order valence-corrected chi connectivity index (χ3v) is 3.43. The van der Waals surface area contributed by atoms with E-state index in [1.54, 1.807) is 0 Å². The van der Waals surface area contributed by atoms with Crippen molar-refractivity contribution in [2.24, 2.45) is 11.5 Å². The number of nitrogens with two attached hydrogens (primary N) is 2. The smallest absolute Gasteiger partial charge is 0.121 e. The average molecular weight is 178 g/mol. The first-order valence-electron chi connectivity index (χ1n) is 2.86. The summed E-state index contributed by atoms with van der Waals surface area (Å²) in [5.74, 6) is 0. The molecule has 10 heavy (non-hydrogen) atoms. The maximum absolute atomic E-state index is 8.92. The molecule has 5 N–H and O–H groups in total. The van der Waals surface area contributed by atoms with Crippen LogP contribution in [-0.4, -0.2) is 36.6 Å². The maximum Gasteiger partial charge on any atom is 0.121 e. The van der Waals surface area contributed by atoms with E-state index < -0.39 is 5.44 Å². The second-order valence-electron chi connectivity index (χ2n) is 1.66. The Balaban J connectivity index is 3.17. The van der Waals surface area contributed by atoms with Crippen LogP contribution in [-0.2, 0) is 0 Å². The van der Waals surface area contributed by atoms with Gasteiger partial charge >= 0.3 is 0 Å². The molecule has 0 spiro atoms. The van der Waals surface area contributed by atoms with Crippen LogP contribution in [0.15, 0.2) is 0 Å². The largest absolute Gasteiger partial charge is 0.380 e. The van der Waals surface area contributed by atoms with Gasteiger partial charge in [-0.2, -0.15) is 0 Å². The van der Waals surface area contributed by atoms with Crippen LogP contribution < -0.4 is 11.5 Å². The van der Waals surface area contributed by atoms with Crippen molar-refractivity contribution < 1.29 is 5.11 Å². The molecule has 0 saturated heterocycles. The van der Waals surface area contributed by atoms with Crippen molar-refractivity contribution >= 4 is 29.4 Å². The van der Waals surface area contributed by atoms with Crippen LogP contribution in [0.5, 0.6) is 0 Å². The molecule has 6 heteroatoms. The Bertz CT molecular complexity index is 77.7. The second kappa shape index (κ2) is 6.36. The minimum atomic E-state index is -0.539. The van der Waals surface area contributed by atoms with Gasteiger partial charge in [-0.05, 0) is 11.7 Å². The van der Waals surface area contributed by atoms with E-state index in [0.717, 1.165) is 0 Å². The summed E-state index contributed by atoms with van der Waals surface area (Å²) < 4.78 is 0. The van der Waals surface area contributed by atoms with Gasteiger partial charge in [-0.3, -0.25) is 0 Å². The van der Waals surface area contributed by atoms with Gasteiger partial charge in [-0.25, -0.2) is 0 Å². The molecule has 0 aliphatic rings. The molecule has 0 aromatic rings. The van der Waals surface area contributed by atoms with E-state index in [1.807, 2.05) is 0 Å². The van der Waals surface area contributed by atoms with Gasteiger partial charge in [-0.1, -0.05) is 21.6 Å². The van der Waals surface area contributed by atoms with Crippen molar-refractivity contribution in [3.63, 3.8) is 0 Å². The molecule has 0 bridgehead atoms. The normalized spacial score (nSPS) is 16.7. The summed E-state index contributed by atoms with van der Waals surface area (Å²) in [6.07, 6.45) is 0. The summed E-state index contributed by atoms with van der Waals surface area (Å²) in [7, 11) is 8.04. The summed E-state index contributed by atoms with van der Waals surface area (Å²) in [5.41, 5.74) is 9.83. The van der Waals surface area contributed by atoms with Crippen LogP contribution in [0.2, 0.25) is 0 Å². The fourth-order valence-electron chi connectivity index (χ4n) is 0.214. The Morgan fingerprint density at radius 1 is 1.30 bits per heavy atom. The zero-order valence-electron chi connectivity index (χ0n) is 5.56. The standard InChI is InChI=1S/C4H11BN2OS2/c5-3(1-6)9-10-4(8)2-7/h3-4,8H,1-2,6-7H2. The van der Waals surface area contributed by atoms with E-state index in [0.29, 0.717) is 6.54 Å². The van der Waals surface area contributed by atoms with Gasteiger partial charge in [0.25, 0.3) is 0 Å². The van der Waals surface area contributed by atoms with Crippen molar-refractivity contribution in [1.29, 1.82) is 0 Å². The van der Waals surface area contributed by atoms with Gasteiger partial charge in [0.05, 0.1) is 7.85 Å². The van der Waals surface area contributed by atoms with E-state index in [2.05, 4.69) is 0 Å². The summed E-state index contributed by atoms with van der Waals surface area (Å²) in [6.45, 7) is 0.657. The zero-order chi connectivity index (χ0) is 7.98. The van der Waals surface area contributed by atoms with Crippen LogP contribution in [0.4, 0.5) is 0 Å². The van der Waals surface area contributed by atoms with E-state index in [1.165, 1.54) is 21.6 Å². The molecule has 2 radical (unpaired) electrons. The van der Waals surface area contributed by atoms with Crippen LogP contribution in [0.3, 0.4) is 0 Å². The van der Waals surface area contributed by atoms with E-state index in [-0.39, 0.29) is 11.7 Å². The molecule has 0 rings (SSSR count). The first-order valence-corrected chi connectivity index (χ1v) is 5.14. The molecular formula is C4H11BN2OS2. The van der Waals surface area contributed by atoms with Crippen LogP contribution >= 0.6 is 21.6 Å². The van der Waals surface area contributed by atoms with Gasteiger partial charge in [0.1, 0.15) is 5.44 Å². The predicted octanol–water partition coefficient (Wildman–Crippen LogP) is -0.902. The molecule has 0 saturated carbocycles. The fraction of sp³-hybridized carbons (Fsp3) is 1.00. The molecule has 2 atom stereocenters. The van der Waals surface area contributed by atoms with Crippen molar-refractivity contribution in [2.75, 3.05) is 13.1 Å². The summed E-state index contributed by atoms with van der Waals surface area (Å²) in [6, 6.07) is 0. The second-order valence-corrected chi connectivity index (χ2v) is 4.35. The highest BCUT2D eigenvalue weighted by Gasteiger charge is 2.04. The summed E-state index contributed by atoms with van der Waals surface area (Å²) in [4.78, 5) is 0. The molecule has 0 fully saturated rings. The summed E-state index contributed by atoms with van der Waals surface area (Å²) in [5, 5.41) is 8.80. The van der Waals surface area contributed by atoms with Crippen molar-refractivity contribution in [3.8, 4) is 0 Å². The highest BCUT2D eigenvalue weighted by atomic mass is 33.1. The predicted molar refractivity (Wildman–Crippen MR) is 48.8 cm³/mol. The van der Waals surface area contributed by atoms with E-state index in [9.17, 15) is 0 Å². The van der Waals surface area contributed by atoms with Gasteiger partial charge in [-0.15, -0.1) is 0 Å². The number of aliphatic hydroxyl groups is 1. The average Bonchev–Trinajstić information content (AvgIpc) is 1.99. The Kier molecular flexibility index (Phi) is 6.77. The monoisotopic (exact) mass is 178 g/mol. The lowest BCUT2D eigenvalue weighted by atomic mass is 10.1. The quantitative estimate of drug-likeness (QED) is 0.289. The molecule has 0 aliphatic carbocycles. The Labute approximate surface area is 70.1 Å². The van der Waals surface area contributed by atoms with Gasteiger partial charge in [0.15, 0.2) is 0 Å². The third-order valence-electron chi connectivity index (χ3n) is 0.724. The van der Waals surface area contributed by atoms with Crippen LogP contribution in [0.1, 0.15) is 0 Å². The fourth-order valence-corrected chi connectivity index (χ4v) is 1.93. The minimum Gasteiger partial charge on any atom is -0.380 e. The van der Waals surface area contributed by atoms with E-state index >= 15 is 0 Å². The molecule has 0 amide bonds. The lowest BCUT2D eigenvalue weighted by molar-refractivity contribution is 0.273. The Morgan fingerprint density at radius 3 is 2.30 bits per heavy atom.